The molecule has 0 aromatic rings. The fourth-order valence-electron chi connectivity index (χ4n) is 8.19. The first-order valence-electron chi connectivity index (χ1n) is 26.3. The maximum Gasteiger partial charge on any atom is 0.397 e. The third-order valence-electron chi connectivity index (χ3n) is 11.5. The van der Waals surface area contributed by atoms with Crippen molar-refractivity contribution in [2.45, 2.75) is 153 Å². The molecule has 19 N–H and O–H groups in total. The molecule has 91 heavy (non-hydrogen) atoms. The topological polar surface area (TPSA) is 805 Å². The van der Waals surface area contributed by atoms with E-state index in [1.54, 1.807) is 0 Å². The van der Waals surface area contributed by atoms with Crippen molar-refractivity contribution in [1.82, 2.24) is 14.2 Å². The van der Waals surface area contributed by atoms with Gasteiger partial charge in [0.25, 0.3) is 0 Å². The van der Waals surface area contributed by atoms with Crippen LogP contribution in [0.3, 0.4) is 0 Å². The van der Waals surface area contributed by atoms with E-state index in [9.17, 15) is 150 Å². The van der Waals surface area contributed by atoms with E-state index in [1.807, 2.05) is 0 Å². The highest BCUT2D eigenvalue weighted by Crippen LogP contribution is 2.39. The van der Waals surface area contributed by atoms with Crippen molar-refractivity contribution < 1.29 is 232 Å². The lowest BCUT2D eigenvalue weighted by atomic mass is 9.94. The van der Waals surface area contributed by atoms with Crippen molar-refractivity contribution in [3.8, 4) is 0 Å². The molecule has 0 saturated carbocycles. The fourth-order valence-corrected chi connectivity index (χ4v) is 11.6. The quantitative estimate of drug-likeness (QED) is 0.0297. The van der Waals surface area contributed by atoms with Crippen molar-refractivity contribution in [3.05, 3.63) is 0 Å². The van der Waals surface area contributed by atoms with Gasteiger partial charge >= 0.3 is 94.8 Å². The second-order valence-electron chi connectivity index (χ2n) is 17.8. The smallest absolute Gasteiger partial charge is 0.397 e. The highest BCUT2D eigenvalue weighted by Gasteiger charge is 2.61. The van der Waals surface area contributed by atoms with Crippen LogP contribution in [0.4, 0.5) is 0 Å². The first-order chi connectivity index (χ1) is 43.7. The molecule has 5 saturated heterocycles. The molecule has 0 aromatic carbocycles. The minimum atomic E-state index is -6.55. The summed E-state index contributed by atoms with van der Waals surface area (Å²) in [6.07, 6.45) is -78.6. The van der Waals surface area contributed by atoms with Crippen LogP contribution in [-0.2, 0) is 161 Å². The molecule has 5 rings (SSSR count). The minimum Gasteiger partial charge on any atom is -0.479 e. The van der Waals surface area contributed by atoms with Gasteiger partial charge in [0.1, 0.15) is 103 Å². The standard InChI is InChI=1S/C31H53N3O49S8/c1-69-27-9(33-85(48,49)50)13(37)17(6(74-27)3-71-88(57,58)59)76-31-22(83-91(66,67)68)16(40)21(24(81-31)26(43)44)79-29-10(34-86(51,52)53)19(82-90(63,64)65)18(7(75-29)4-72-89(60,61)62)77-30-15(39)14(38)20(23(80-30)25(41)42)78-28-8(32-84(45,46)47)12(36)11(35)5(73-28)2-70-87(54,55)56/h5-24,27-40H,2-4H2,1H3,(H,41,42)(H,43,44)(H,45,46,47)(H,48,49,50)(H,51,52,53)(H,54,55,56)(H,57,58,59)(H,60,61,62)(H,63,64,65)(H,66,67,68)/t5-,6-,7-,8-,9-,10-,11-,12-,13-,14-,15-,16+,17-,18+,19-,20+,21+,22-,23+,24-,27+,28-,29-,30-,31-/m1/s1/i3D2,6D,9D,13D,17D,27D. The second-order valence-corrected chi connectivity index (χ2v) is 26.6. The van der Waals surface area contributed by atoms with Gasteiger partial charge in [0.05, 0.1) is 29.4 Å². The van der Waals surface area contributed by atoms with E-state index < -0.39 is 268 Å². The van der Waals surface area contributed by atoms with Crippen LogP contribution in [0.15, 0.2) is 0 Å². The molecule has 52 nitrogen and oxygen atoms in total. The molecule has 0 bridgehead atoms. The van der Waals surface area contributed by atoms with Gasteiger partial charge in [-0.25, -0.2) is 30.5 Å². The average Bonchev–Trinajstić information content (AvgIpc) is 0.665. The molecule has 0 unspecified atom stereocenters. The molecule has 0 radical (unpaired) electrons. The lowest BCUT2D eigenvalue weighted by molar-refractivity contribution is -0.373. The van der Waals surface area contributed by atoms with Crippen molar-refractivity contribution >= 4 is 94.8 Å². The van der Waals surface area contributed by atoms with E-state index in [0.29, 0.717) is 4.72 Å². The number of carboxylic acid groups (broad SMARTS) is 2. The normalized spacial score (nSPS) is 44.0. The average molecular weight is 1520 g/mol. The molecule has 5 fully saturated rings. The lowest BCUT2D eigenvalue weighted by Crippen LogP contribution is -2.71. The molecule has 0 aromatic heterocycles. The summed E-state index contributed by atoms with van der Waals surface area (Å²) < 4.78 is 405. The number of hydrogen-bond donors (Lipinski definition) is 19. The lowest BCUT2D eigenvalue weighted by Gasteiger charge is -2.50. The number of carboxylic acids is 2. The van der Waals surface area contributed by atoms with Crippen molar-refractivity contribution in [2.75, 3.05) is 26.9 Å². The van der Waals surface area contributed by atoms with Gasteiger partial charge in [0.15, 0.2) is 49.7 Å². The summed E-state index contributed by atoms with van der Waals surface area (Å²) in [5.41, 5.74) is 0. The van der Waals surface area contributed by atoms with Crippen LogP contribution in [0.5, 0.6) is 0 Å². The number of aliphatic hydroxyl groups is 6. The van der Waals surface area contributed by atoms with Crippen molar-refractivity contribution in [1.29, 1.82) is 0 Å². The zero-order valence-corrected chi connectivity index (χ0v) is 49.9. The van der Waals surface area contributed by atoms with Gasteiger partial charge in [-0.1, -0.05) is 0 Å². The molecular formula is C31H53N3O49S8. The molecule has 5 heterocycles. The SMILES string of the molecule is [2H]C([2H])(OS(=O)(=O)O)[C@@]1([2H])O[C@]([2H])(OC)[C@]([2H])(NS(=O)(=O)O)[C@@]([2H])(O)[C@]1([2H])O[C@@H]1O[C@@H](C(=O)O)[C@@H](O[C@H]2O[C@H](COS(=O)(=O)O)[C@H](O[C@@H]3O[C@H](C(=O)O)[C@@H](O[C@H]4O[C@H](COS(=O)(=O)O)[C@@H](O)[C@H](O)[C@H]4NS(=O)(=O)O)[C@H](O)[C@H]3O)[C@H](OS(=O)(=O)O)[C@H]2NS(=O)(=O)O)[C@H](O)[C@H]1OS(=O)(=O)O. The summed E-state index contributed by atoms with van der Waals surface area (Å²) >= 11 is 0. The third-order valence-corrected chi connectivity index (χ3v) is 15.2. The van der Waals surface area contributed by atoms with Gasteiger partial charge in [0, 0.05) is 7.11 Å². The second kappa shape index (κ2) is 29.9. The van der Waals surface area contributed by atoms with Crippen LogP contribution in [0, 0.1) is 0 Å². The van der Waals surface area contributed by atoms with Gasteiger partial charge in [-0.2, -0.15) is 81.5 Å². The van der Waals surface area contributed by atoms with E-state index in [-0.39, 0.29) is 7.11 Å². The zero-order chi connectivity index (χ0) is 75.8. The van der Waals surface area contributed by atoms with E-state index in [2.05, 4.69) is 30.4 Å². The first kappa shape index (κ1) is 68.2. The number of aliphatic carboxylic acids is 2. The highest BCUT2D eigenvalue weighted by molar-refractivity contribution is 7.84. The molecule has 534 valence electrons. The zero-order valence-electron chi connectivity index (χ0n) is 50.4. The van der Waals surface area contributed by atoms with E-state index in [0.717, 1.165) is 4.72 Å². The minimum absolute atomic E-state index is 0.108. The number of methoxy groups -OCH3 is 1. The maximum atomic E-state index is 13.2. The third kappa shape index (κ3) is 22.9. The molecule has 0 amide bonds. The van der Waals surface area contributed by atoms with Crippen LogP contribution in [0.2, 0.25) is 0 Å². The number of aliphatic hydroxyl groups excluding tert-OH is 5. The Hall–Kier alpha value is -2.74. The molecule has 5 aliphatic heterocycles. The Kier molecular flexibility index (Phi) is 22.4. The Morgan fingerprint density at radius 3 is 1.34 bits per heavy atom. The maximum absolute atomic E-state index is 13.2. The summed E-state index contributed by atoms with van der Waals surface area (Å²) in [4.78, 5) is 26.0. The van der Waals surface area contributed by atoms with E-state index in [1.165, 1.54) is 4.72 Å². The largest absolute Gasteiger partial charge is 0.479 e. The van der Waals surface area contributed by atoms with E-state index >= 15 is 0 Å². The monoisotopic (exact) mass is 1510 g/mol. The molecule has 0 aliphatic carbocycles. The van der Waals surface area contributed by atoms with Crippen LogP contribution >= 0.6 is 0 Å². The molecule has 0 spiro atoms. The van der Waals surface area contributed by atoms with Crippen molar-refractivity contribution in [3.63, 3.8) is 0 Å². The molecule has 5 aliphatic rings. The van der Waals surface area contributed by atoms with Crippen LogP contribution in [0.25, 0.3) is 0 Å². The highest BCUT2D eigenvalue weighted by atomic mass is 32.3. The summed E-state index contributed by atoms with van der Waals surface area (Å²) in [7, 11) is -49.2. The number of nitrogens with one attached hydrogen (secondary N) is 3. The number of rotatable bonds is 30. The van der Waals surface area contributed by atoms with Crippen LogP contribution < -0.4 is 14.2 Å². The molecule has 25 atom stereocenters. The number of ether oxygens (including phenoxy) is 10. The Morgan fingerprint density at radius 1 is 0.451 bits per heavy atom. The van der Waals surface area contributed by atoms with Gasteiger partial charge in [-0.15, -0.1) is 0 Å². The number of carbonyl (C=O) groups is 2. The Balaban J connectivity index is 1.68. The van der Waals surface area contributed by atoms with Gasteiger partial charge in [-0.3, -0.25) is 36.4 Å². The first-order valence-corrected chi connectivity index (χ1v) is 33.9. The Labute approximate surface area is 519 Å². The fraction of sp³-hybridized carbons (Fsp3) is 0.935. The Morgan fingerprint density at radius 2 is 0.879 bits per heavy atom. The summed E-state index contributed by atoms with van der Waals surface area (Å²) in [5, 5.41) is 88.5. The molecular weight excluding hydrogens is 1450 g/mol. The molecule has 60 heteroatoms. The predicted octanol–water partition coefficient (Wildman–Crippen LogP) is -13.8. The van der Waals surface area contributed by atoms with Gasteiger partial charge in [-0.05, 0) is 0 Å². The summed E-state index contributed by atoms with van der Waals surface area (Å²) in [5.74, 6) is -5.29. The summed E-state index contributed by atoms with van der Waals surface area (Å²) in [6, 6.07) is -11.0. The van der Waals surface area contributed by atoms with E-state index in [4.69, 9.17) is 52.0 Å². The number of hydrogen-bond acceptors (Lipinski definition) is 39. The van der Waals surface area contributed by atoms with Gasteiger partial charge in [0.2, 0.25) is 0 Å². The van der Waals surface area contributed by atoms with Gasteiger partial charge < -0.3 is 88.2 Å². The predicted molar refractivity (Wildman–Crippen MR) is 262 cm³/mol. The van der Waals surface area contributed by atoms with Crippen LogP contribution in [0.1, 0.15) is 9.60 Å². The Bertz CT molecular complexity index is 3890. The van der Waals surface area contributed by atoms with Crippen molar-refractivity contribution in [2.24, 2.45) is 0 Å². The summed E-state index contributed by atoms with van der Waals surface area (Å²) in [6.45, 7) is -8.86. The van der Waals surface area contributed by atoms with Crippen LogP contribution in [-0.4, -0.2) is 337 Å².